The number of rotatable bonds is 2. The molecule has 0 aromatic heterocycles. The van der Waals surface area contributed by atoms with Crippen LogP contribution in [0.3, 0.4) is 0 Å². The Balaban J connectivity index is 2.27. The molecule has 0 atom stereocenters. The summed E-state index contributed by atoms with van der Waals surface area (Å²) in [5, 5.41) is 8.65. The first-order chi connectivity index (χ1) is 8.29. The first-order valence-corrected chi connectivity index (χ1v) is 5.22. The zero-order valence-corrected chi connectivity index (χ0v) is 9.10. The number of benzene rings is 2. The van der Waals surface area contributed by atoms with Gasteiger partial charge >= 0.3 is 0 Å². The fraction of sp³-hybridized carbons (Fsp3) is 0. The maximum absolute atomic E-state index is 13.8. The van der Waals surface area contributed by atoms with Crippen LogP contribution in [0.15, 0.2) is 54.6 Å². The van der Waals surface area contributed by atoms with Crippen LogP contribution in [-0.2, 0) is 0 Å². The predicted molar refractivity (Wildman–Crippen MR) is 66.6 cm³/mol. The number of hydrogen-bond acceptors (Lipinski definition) is 1. The summed E-state index contributed by atoms with van der Waals surface area (Å²) in [5.74, 6) is -0.282. The quantitative estimate of drug-likeness (QED) is 0.705. The van der Waals surface area contributed by atoms with Gasteiger partial charge in [0.15, 0.2) is 0 Å². The van der Waals surface area contributed by atoms with Gasteiger partial charge in [-0.25, -0.2) is 4.39 Å². The molecule has 0 radical (unpaired) electrons. The summed E-state index contributed by atoms with van der Waals surface area (Å²) in [6.45, 7) is 0. The fourth-order valence-electron chi connectivity index (χ4n) is 1.48. The second kappa shape index (κ2) is 5.09. The highest BCUT2D eigenvalue weighted by Crippen LogP contribution is 2.19. The molecule has 2 heteroatoms. The number of nitrogens with zero attached hydrogens (tertiary/aromatic N) is 1. The third-order valence-electron chi connectivity index (χ3n) is 2.38. The minimum atomic E-state index is -0.282. The zero-order valence-electron chi connectivity index (χ0n) is 9.10. The van der Waals surface area contributed by atoms with E-state index in [1.165, 1.54) is 6.08 Å². The lowest BCUT2D eigenvalue weighted by Crippen LogP contribution is -1.79. The van der Waals surface area contributed by atoms with E-state index in [1.807, 2.05) is 12.1 Å². The van der Waals surface area contributed by atoms with Gasteiger partial charge in [-0.05, 0) is 23.8 Å². The van der Waals surface area contributed by atoms with Gasteiger partial charge in [-0.3, -0.25) is 0 Å². The molecular weight excluding hydrogens is 213 g/mol. The molecule has 0 aliphatic heterocycles. The normalized spacial score (nSPS) is 10.9. The summed E-state index contributed by atoms with van der Waals surface area (Å²) < 4.78 is 13.8. The van der Waals surface area contributed by atoms with Crippen molar-refractivity contribution in [2.75, 3.05) is 0 Å². The third kappa shape index (κ3) is 2.79. The highest BCUT2D eigenvalue weighted by molar-refractivity contribution is 5.76. The van der Waals surface area contributed by atoms with Crippen LogP contribution < -0.4 is 0 Å². The molecule has 0 amide bonds. The fourth-order valence-corrected chi connectivity index (χ4v) is 1.48. The molecule has 82 valence electrons. The molecule has 0 unspecified atom stereocenters. The van der Waals surface area contributed by atoms with Crippen molar-refractivity contribution in [3.05, 3.63) is 71.3 Å². The van der Waals surface area contributed by atoms with Crippen molar-refractivity contribution in [3.63, 3.8) is 0 Å². The third-order valence-corrected chi connectivity index (χ3v) is 2.38. The number of halogens is 1. The first-order valence-electron chi connectivity index (χ1n) is 5.22. The zero-order chi connectivity index (χ0) is 12.1. The molecule has 0 aliphatic rings. The van der Waals surface area contributed by atoms with Gasteiger partial charge in [0.2, 0.25) is 0 Å². The number of hydrogen-bond donors (Lipinski definition) is 0. The van der Waals surface area contributed by atoms with Crippen molar-refractivity contribution < 1.29 is 4.39 Å². The smallest absolute Gasteiger partial charge is 0.131 e. The van der Waals surface area contributed by atoms with Crippen molar-refractivity contribution in [3.8, 4) is 6.07 Å². The molecule has 17 heavy (non-hydrogen) atoms. The highest BCUT2D eigenvalue weighted by Gasteiger charge is 1.99. The van der Waals surface area contributed by atoms with Crippen molar-refractivity contribution >= 4 is 11.9 Å². The SMILES string of the molecule is N#Cc1ccc(C=C(F)c2ccccc2)cc1. The van der Waals surface area contributed by atoms with Crippen molar-refractivity contribution in [2.45, 2.75) is 0 Å². The van der Waals surface area contributed by atoms with E-state index in [0.29, 0.717) is 11.1 Å². The average Bonchev–Trinajstić information content (AvgIpc) is 2.40. The van der Waals surface area contributed by atoms with Gasteiger partial charge in [0, 0.05) is 5.56 Å². The Labute approximate surface area is 99.5 Å². The van der Waals surface area contributed by atoms with E-state index in [-0.39, 0.29) is 5.83 Å². The van der Waals surface area contributed by atoms with Gasteiger partial charge in [0.05, 0.1) is 11.6 Å². The van der Waals surface area contributed by atoms with E-state index in [1.54, 1.807) is 48.5 Å². The van der Waals surface area contributed by atoms with E-state index in [9.17, 15) is 4.39 Å². The molecule has 0 saturated heterocycles. The van der Waals surface area contributed by atoms with Gasteiger partial charge < -0.3 is 0 Å². The maximum Gasteiger partial charge on any atom is 0.131 e. The second-order valence-corrected chi connectivity index (χ2v) is 3.59. The predicted octanol–water partition coefficient (Wildman–Crippen LogP) is 4.03. The lowest BCUT2D eigenvalue weighted by atomic mass is 10.1. The first kappa shape index (κ1) is 11.1. The molecule has 0 bridgehead atoms. The Morgan fingerprint density at radius 2 is 1.65 bits per heavy atom. The Morgan fingerprint density at radius 1 is 1.00 bits per heavy atom. The second-order valence-electron chi connectivity index (χ2n) is 3.59. The summed E-state index contributed by atoms with van der Waals surface area (Å²) in [6.07, 6.45) is 1.45. The van der Waals surface area contributed by atoms with Gasteiger partial charge in [-0.15, -0.1) is 0 Å². The van der Waals surface area contributed by atoms with Crippen LogP contribution in [0.5, 0.6) is 0 Å². The summed E-state index contributed by atoms with van der Waals surface area (Å²) in [4.78, 5) is 0. The molecule has 0 N–H and O–H groups in total. The van der Waals surface area contributed by atoms with E-state index in [2.05, 4.69) is 0 Å². The van der Waals surface area contributed by atoms with Crippen LogP contribution in [0.2, 0.25) is 0 Å². The van der Waals surface area contributed by atoms with Crippen LogP contribution in [0.25, 0.3) is 11.9 Å². The summed E-state index contributed by atoms with van der Waals surface area (Å²) in [5.41, 5.74) is 1.87. The standard InChI is InChI=1S/C15H10FN/c16-15(14-4-2-1-3-5-14)10-12-6-8-13(11-17)9-7-12/h1-10H. The largest absolute Gasteiger partial charge is 0.206 e. The van der Waals surface area contributed by atoms with Crippen LogP contribution >= 0.6 is 0 Å². The van der Waals surface area contributed by atoms with Gasteiger partial charge in [-0.2, -0.15) is 5.26 Å². The lowest BCUT2D eigenvalue weighted by molar-refractivity contribution is 0.765. The highest BCUT2D eigenvalue weighted by atomic mass is 19.1. The van der Waals surface area contributed by atoms with Crippen LogP contribution in [0, 0.1) is 11.3 Å². The molecule has 0 aliphatic carbocycles. The maximum atomic E-state index is 13.8. The molecule has 2 aromatic carbocycles. The van der Waals surface area contributed by atoms with Crippen LogP contribution in [0.1, 0.15) is 16.7 Å². The van der Waals surface area contributed by atoms with E-state index >= 15 is 0 Å². The van der Waals surface area contributed by atoms with Crippen molar-refractivity contribution in [2.24, 2.45) is 0 Å². The Morgan fingerprint density at radius 3 is 2.24 bits per heavy atom. The van der Waals surface area contributed by atoms with E-state index in [0.717, 1.165) is 5.56 Å². The summed E-state index contributed by atoms with van der Waals surface area (Å²) >= 11 is 0. The van der Waals surface area contributed by atoms with Gasteiger partial charge in [0.25, 0.3) is 0 Å². The van der Waals surface area contributed by atoms with E-state index < -0.39 is 0 Å². The van der Waals surface area contributed by atoms with Crippen molar-refractivity contribution in [1.29, 1.82) is 5.26 Å². The monoisotopic (exact) mass is 223 g/mol. The molecule has 0 heterocycles. The van der Waals surface area contributed by atoms with Gasteiger partial charge in [0.1, 0.15) is 5.83 Å². The number of nitriles is 1. The minimum absolute atomic E-state index is 0.282. The average molecular weight is 223 g/mol. The molecule has 0 spiro atoms. The Hall–Kier alpha value is -2.40. The summed E-state index contributed by atoms with van der Waals surface area (Å²) in [7, 11) is 0. The van der Waals surface area contributed by atoms with Crippen LogP contribution in [-0.4, -0.2) is 0 Å². The molecule has 2 rings (SSSR count). The topological polar surface area (TPSA) is 23.8 Å². The molecule has 0 saturated carbocycles. The van der Waals surface area contributed by atoms with Crippen LogP contribution in [0.4, 0.5) is 4.39 Å². The molecular formula is C15H10FN. The minimum Gasteiger partial charge on any atom is -0.206 e. The summed E-state index contributed by atoms with van der Waals surface area (Å²) in [6, 6.07) is 17.7. The van der Waals surface area contributed by atoms with Crippen molar-refractivity contribution in [1.82, 2.24) is 0 Å². The molecule has 2 aromatic rings. The van der Waals surface area contributed by atoms with Gasteiger partial charge in [-0.1, -0.05) is 42.5 Å². The Bertz CT molecular complexity index is 562. The molecule has 1 nitrogen and oxygen atoms in total. The van der Waals surface area contributed by atoms with E-state index in [4.69, 9.17) is 5.26 Å². The molecule has 0 fully saturated rings. The lowest BCUT2D eigenvalue weighted by Gasteiger charge is -1.98. The Kier molecular flexibility index (Phi) is 3.32.